The molecule has 4 heteroatoms. The van der Waals surface area contributed by atoms with Crippen molar-refractivity contribution < 1.29 is 4.74 Å². The summed E-state index contributed by atoms with van der Waals surface area (Å²) < 4.78 is 5.23. The predicted molar refractivity (Wildman–Crippen MR) is 84.6 cm³/mol. The molecule has 0 aliphatic heterocycles. The minimum Gasteiger partial charge on any atom is -0.393 e. The number of thiocarbonyl (C=S) groups is 1. The third kappa shape index (κ3) is 4.90. The average molecular weight is 280 g/mol. The Hall–Kier alpha value is -0.970. The molecule has 0 aromatic heterocycles. The van der Waals surface area contributed by atoms with Gasteiger partial charge in [0, 0.05) is 25.6 Å². The van der Waals surface area contributed by atoms with Crippen LogP contribution in [0.2, 0.25) is 0 Å². The Morgan fingerprint density at radius 3 is 2.47 bits per heavy atom. The van der Waals surface area contributed by atoms with Crippen molar-refractivity contribution in [1.29, 1.82) is 0 Å². The fourth-order valence-electron chi connectivity index (χ4n) is 2.25. The SMILES string of the molecule is CCN(CC(C(N)=S)c1ccccc1)C(C)COC. The Kier molecular flexibility index (Phi) is 6.99. The first-order valence-corrected chi connectivity index (χ1v) is 7.08. The third-order valence-corrected chi connectivity index (χ3v) is 3.68. The lowest BCUT2D eigenvalue weighted by Gasteiger charge is -2.31. The molecule has 1 aromatic rings. The van der Waals surface area contributed by atoms with Crippen LogP contribution in [0.25, 0.3) is 0 Å². The first-order chi connectivity index (χ1) is 9.10. The summed E-state index contributed by atoms with van der Waals surface area (Å²) in [4.78, 5) is 2.90. The van der Waals surface area contributed by atoms with E-state index in [9.17, 15) is 0 Å². The number of nitrogens with two attached hydrogens (primary N) is 1. The fraction of sp³-hybridized carbons (Fsp3) is 0.533. The quantitative estimate of drug-likeness (QED) is 0.742. The summed E-state index contributed by atoms with van der Waals surface area (Å²) in [6.45, 7) is 6.81. The van der Waals surface area contributed by atoms with E-state index in [-0.39, 0.29) is 5.92 Å². The molecule has 2 N–H and O–H groups in total. The van der Waals surface area contributed by atoms with Crippen molar-refractivity contribution in [3.8, 4) is 0 Å². The maximum atomic E-state index is 5.92. The van der Waals surface area contributed by atoms with Crippen molar-refractivity contribution in [1.82, 2.24) is 4.90 Å². The molecule has 3 nitrogen and oxygen atoms in total. The Labute approximate surface area is 121 Å². The van der Waals surface area contributed by atoms with Gasteiger partial charge >= 0.3 is 0 Å². The predicted octanol–water partition coefficient (Wildman–Crippen LogP) is 2.41. The lowest BCUT2D eigenvalue weighted by Crippen LogP contribution is -2.41. The van der Waals surface area contributed by atoms with E-state index >= 15 is 0 Å². The molecule has 106 valence electrons. The molecular formula is C15H24N2OS. The molecule has 0 amide bonds. The van der Waals surface area contributed by atoms with Crippen LogP contribution in [0.15, 0.2) is 30.3 Å². The second-order valence-corrected chi connectivity index (χ2v) is 5.23. The van der Waals surface area contributed by atoms with Crippen molar-refractivity contribution in [2.45, 2.75) is 25.8 Å². The van der Waals surface area contributed by atoms with E-state index in [0.717, 1.165) is 13.1 Å². The molecule has 0 radical (unpaired) electrons. The molecule has 2 unspecified atom stereocenters. The van der Waals surface area contributed by atoms with E-state index in [1.807, 2.05) is 18.2 Å². The highest BCUT2D eigenvalue weighted by molar-refractivity contribution is 7.80. The molecule has 0 saturated heterocycles. The highest BCUT2D eigenvalue weighted by Crippen LogP contribution is 2.18. The standard InChI is InChI=1S/C15H24N2OS/c1-4-17(12(2)11-18-3)10-14(15(16)19)13-8-6-5-7-9-13/h5-9,12,14H,4,10-11H2,1-3H3,(H2,16,19). The highest BCUT2D eigenvalue weighted by atomic mass is 32.1. The Morgan fingerprint density at radius 2 is 2.00 bits per heavy atom. The van der Waals surface area contributed by atoms with Gasteiger partial charge < -0.3 is 10.5 Å². The van der Waals surface area contributed by atoms with Crippen LogP contribution in [0.4, 0.5) is 0 Å². The van der Waals surface area contributed by atoms with Crippen molar-refractivity contribution in [2.75, 3.05) is 26.8 Å². The van der Waals surface area contributed by atoms with Gasteiger partial charge in [0.15, 0.2) is 0 Å². The smallest absolute Gasteiger partial charge is 0.0816 e. The summed E-state index contributed by atoms with van der Waals surface area (Å²) in [7, 11) is 1.73. The second kappa shape index (κ2) is 8.25. The summed E-state index contributed by atoms with van der Waals surface area (Å²) in [5.74, 6) is 0.0930. The number of methoxy groups -OCH3 is 1. The zero-order valence-corrected chi connectivity index (χ0v) is 12.8. The van der Waals surface area contributed by atoms with Crippen molar-refractivity contribution in [2.24, 2.45) is 5.73 Å². The van der Waals surface area contributed by atoms with Crippen LogP contribution >= 0.6 is 12.2 Å². The van der Waals surface area contributed by atoms with Gasteiger partial charge in [0.05, 0.1) is 11.6 Å². The van der Waals surface area contributed by atoms with Gasteiger partial charge in [-0.3, -0.25) is 4.90 Å². The normalized spacial score (nSPS) is 14.3. The fourth-order valence-corrected chi connectivity index (χ4v) is 2.46. The molecular weight excluding hydrogens is 256 g/mol. The van der Waals surface area contributed by atoms with E-state index in [4.69, 9.17) is 22.7 Å². The zero-order valence-electron chi connectivity index (χ0n) is 12.0. The van der Waals surface area contributed by atoms with Gasteiger partial charge in [-0.25, -0.2) is 0 Å². The number of rotatable bonds is 8. The van der Waals surface area contributed by atoms with Gasteiger partial charge in [0.25, 0.3) is 0 Å². The number of likely N-dealkylation sites (N-methyl/N-ethyl adjacent to an activating group) is 1. The van der Waals surface area contributed by atoms with E-state index in [1.165, 1.54) is 5.56 Å². The topological polar surface area (TPSA) is 38.5 Å². The number of nitrogens with zero attached hydrogens (tertiary/aromatic N) is 1. The van der Waals surface area contributed by atoms with Crippen molar-refractivity contribution in [3.63, 3.8) is 0 Å². The van der Waals surface area contributed by atoms with Gasteiger partial charge in [-0.2, -0.15) is 0 Å². The van der Waals surface area contributed by atoms with Crippen LogP contribution in [0.3, 0.4) is 0 Å². The average Bonchev–Trinajstić information content (AvgIpc) is 2.40. The minimum absolute atomic E-state index is 0.0930. The van der Waals surface area contributed by atoms with Gasteiger partial charge in [0.1, 0.15) is 0 Å². The molecule has 0 spiro atoms. The molecule has 0 aliphatic rings. The number of hydrogen-bond donors (Lipinski definition) is 1. The number of ether oxygens (including phenoxy) is 1. The van der Waals surface area contributed by atoms with Crippen LogP contribution < -0.4 is 5.73 Å². The Morgan fingerprint density at radius 1 is 1.37 bits per heavy atom. The molecule has 1 aromatic carbocycles. The van der Waals surface area contributed by atoms with Crippen molar-refractivity contribution >= 4 is 17.2 Å². The largest absolute Gasteiger partial charge is 0.393 e. The molecule has 0 heterocycles. The maximum absolute atomic E-state index is 5.92. The van der Waals surface area contributed by atoms with Gasteiger partial charge in [0.2, 0.25) is 0 Å². The zero-order chi connectivity index (χ0) is 14.3. The molecule has 2 atom stereocenters. The molecule has 19 heavy (non-hydrogen) atoms. The molecule has 0 saturated carbocycles. The van der Waals surface area contributed by atoms with Crippen LogP contribution in [0, 0.1) is 0 Å². The lowest BCUT2D eigenvalue weighted by molar-refractivity contribution is 0.102. The monoisotopic (exact) mass is 280 g/mol. The number of benzene rings is 1. The van der Waals surface area contributed by atoms with Crippen molar-refractivity contribution in [3.05, 3.63) is 35.9 Å². The molecule has 1 rings (SSSR count). The second-order valence-electron chi connectivity index (χ2n) is 4.76. The van der Waals surface area contributed by atoms with Crippen LogP contribution in [-0.4, -0.2) is 42.7 Å². The first-order valence-electron chi connectivity index (χ1n) is 6.67. The van der Waals surface area contributed by atoms with Crippen LogP contribution in [0.5, 0.6) is 0 Å². The van der Waals surface area contributed by atoms with Crippen LogP contribution in [-0.2, 0) is 4.74 Å². The highest BCUT2D eigenvalue weighted by Gasteiger charge is 2.21. The molecule has 0 aliphatic carbocycles. The summed E-state index contributed by atoms with van der Waals surface area (Å²) in [6.07, 6.45) is 0. The first kappa shape index (κ1) is 16.1. The summed E-state index contributed by atoms with van der Waals surface area (Å²) >= 11 is 5.24. The van der Waals surface area contributed by atoms with E-state index in [0.29, 0.717) is 17.6 Å². The lowest BCUT2D eigenvalue weighted by atomic mass is 9.98. The van der Waals surface area contributed by atoms with E-state index in [1.54, 1.807) is 7.11 Å². The minimum atomic E-state index is 0.0930. The Balaban J connectivity index is 2.81. The number of hydrogen-bond acceptors (Lipinski definition) is 3. The Bertz CT molecular complexity index is 383. The van der Waals surface area contributed by atoms with Gasteiger partial charge in [-0.1, -0.05) is 49.5 Å². The molecule has 0 bridgehead atoms. The molecule has 0 fully saturated rings. The summed E-state index contributed by atoms with van der Waals surface area (Å²) in [6, 6.07) is 10.6. The maximum Gasteiger partial charge on any atom is 0.0816 e. The third-order valence-electron chi connectivity index (χ3n) is 3.40. The summed E-state index contributed by atoms with van der Waals surface area (Å²) in [5.41, 5.74) is 7.10. The van der Waals surface area contributed by atoms with Crippen LogP contribution in [0.1, 0.15) is 25.3 Å². The van der Waals surface area contributed by atoms with Gasteiger partial charge in [-0.15, -0.1) is 0 Å². The van der Waals surface area contributed by atoms with E-state index < -0.39 is 0 Å². The van der Waals surface area contributed by atoms with E-state index in [2.05, 4.69) is 30.9 Å². The van der Waals surface area contributed by atoms with Gasteiger partial charge in [-0.05, 0) is 19.0 Å². The summed E-state index contributed by atoms with van der Waals surface area (Å²) in [5, 5.41) is 0.